The molecule has 1 N–H and O–H groups in total. The van der Waals surface area contributed by atoms with Crippen LogP contribution in [0.5, 0.6) is 0 Å². The molecular weight excluding hydrogens is 366 g/mol. The zero-order valence-corrected chi connectivity index (χ0v) is 15.1. The van der Waals surface area contributed by atoms with Crippen LogP contribution in [-0.4, -0.2) is 22.7 Å². The molecule has 0 saturated heterocycles. The van der Waals surface area contributed by atoms with Crippen molar-refractivity contribution >= 4 is 29.4 Å². The lowest BCUT2D eigenvalue weighted by Crippen LogP contribution is -2.28. The van der Waals surface area contributed by atoms with E-state index in [4.69, 9.17) is 0 Å². The topological polar surface area (TPSA) is 70.0 Å². The highest BCUT2D eigenvalue weighted by Crippen LogP contribution is 2.29. The molecule has 1 heterocycles. The molecule has 1 aliphatic heterocycles. The second kappa shape index (κ2) is 8.12. The highest BCUT2D eigenvalue weighted by atomic mass is 19.1. The molecule has 0 aliphatic carbocycles. The van der Waals surface area contributed by atoms with Crippen LogP contribution in [0.25, 0.3) is 6.08 Å². The minimum atomic E-state index is -1.16. The second-order valence-corrected chi connectivity index (χ2v) is 6.35. The van der Waals surface area contributed by atoms with E-state index in [1.807, 2.05) is 6.92 Å². The number of hydrazone groups is 1. The molecule has 0 spiro atoms. The van der Waals surface area contributed by atoms with Crippen molar-refractivity contribution in [2.24, 2.45) is 11.0 Å². The highest BCUT2D eigenvalue weighted by Gasteiger charge is 2.37. The third kappa shape index (κ3) is 4.14. The van der Waals surface area contributed by atoms with Crippen molar-refractivity contribution in [3.8, 4) is 0 Å². The monoisotopic (exact) mass is 384 g/mol. The Labute approximate surface area is 160 Å². The van der Waals surface area contributed by atoms with Gasteiger partial charge in [-0.1, -0.05) is 19.1 Å². The first-order valence-corrected chi connectivity index (χ1v) is 8.75. The summed E-state index contributed by atoms with van der Waals surface area (Å²) in [5.41, 5.74) is 1.52. The Morgan fingerprint density at radius 2 is 1.68 bits per heavy atom. The largest absolute Gasteiger partial charge is 0.478 e. The lowest BCUT2D eigenvalue weighted by molar-refractivity contribution is -0.132. The first-order chi connectivity index (χ1) is 13.4. The average Bonchev–Trinajstić information content (AvgIpc) is 2.99. The van der Waals surface area contributed by atoms with Gasteiger partial charge in [0, 0.05) is 5.57 Å². The van der Waals surface area contributed by atoms with Gasteiger partial charge in [0.1, 0.15) is 11.6 Å². The lowest BCUT2D eigenvalue weighted by Gasteiger charge is -2.15. The molecule has 1 aliphatic rings. The number of carboxylic acid groups (broad SMARTS) is 1. The van der Waals surface area contributed by atoms with E-state index in [1.54, 1.807) is 0 Å². The van der Waals surface area contributed by atoms with E-state index < -0.39 is 23.5 Å². The van der Waals surface area contributed by atoms with Gasteiger partial charge in [0.05, 0.1) is 17.3 Å². The van der Waals surface area contributed by atoms with Crippen molar-refractivity contribution in [1.82, 2.24) is 0 Å². The first kappa shape index (κ1) is 19.4. The molecule has 7 heteroatoms. The fraction of sp³-hybridized carbons (Fsp3) is 0.190. The van der Waals surface area contributed by atoms with Crippen LogP contribution in [0.4, 0.5) is 14.5 Å². The van der Waals surface area contributed by atoms with E-state index in [0.717, 1.165) is 0 Å². The van der Waals surface area contributed by atoms with Crippen LogP contribution in [0.2, 0.25) is 0 Å². The first-order valence-electron chi connectivity index (χ1n) is 8.75. The average molecular weight is 384 g/mol. The lowest BCUT2D eigenvalue weighted by atomic mass is 9.92. The van der Waals surface area contributed by atoms with Crippen molar-refractivity contribution < 1.29 is 23.5 Å². The number of hydrogen-bond donors (Lipinski definition) is 1. The fourth-order valence-electron chi connectivity index (χ4n) is 3.02. The summed E-state index contributed by atoms with van der Waals surface area (Å²) in [5, 5.41) is 15.0. The number of benzene rings is 2. The number of amides is 1. The van der Waals surface area contributed by atoms with Gasteiger partial charge in [0.25, 0.3) is 5.91 Å². The molecule has 5 nitrogen and oxygen atoms in total. The maximum Gasteiger partial charge on any atom is 0.331 e. The number of aliphatic carboxylic acids is 1. The quantitative estimate of drug-likeness (QED) is 0.757. The van der Waals surface area contributed by atoms with Crippen LogP contribution in [0.15, 0.2) is 59.2 Å². The molecule has 144 valence electrons. The van der Waals surface area contributed by atoms with E-state index in [9.17, 15) is 23.5 Å². The Kier molecular flexibility index (Phi) is 5.63. The van der Waals surface area contributed by atoms with Gasteiger partial charge in [0.15, 0.2) is 0 Å². The Morgan fingerprint density at radius 1 is 1.11 bits per heavy atom. The summed E-state index contributed by atoms with van der Waals surface area (Å²) in [4.78, 5) is 24.6. The van der Waals surface area contributed by atoms with Crippen LogP contribution in [-0.2, 0) is 9.59 Å². The number of carbonyl (C=O) groups excluding carboxylic acids is 1. The zero-order valence-electron chi connectivity index (χ0n) is 15.1. The molecule has 0 aromatic heterocycles. The number of nitrogens with zero attached hydrogens (tertiary/aromatic N) is 2. The predicted octanol–water partition coefficient (Wildman–Crippen LogP) is 4.25. The molecule has 0 fully saturated rings. The van der Waals surface area contributed by atoms with Gasteiger partial charge >= 0.3 is 5.97 Å². The summed E-state index contributed by atoms with van der Waals surface area (Å²) >= 11 is 0. The van der Waals surface area contributed by atoms with Gasteiger partial charge in [0.2, 0.25) is 0 Å². The summed E-state index contributed by atoms with van der Waals surface area (Å²) in [6.45, 7) is 1.83. The standard InChI is InChI=1S/C21H18F2N2O3/c1-2-19-18(20(26)25(24-19)17-9-7-16(23)8-10-17)12-14(21(27)28)11-13-3-5-15(22)6-4-13/h3-11,18H,2,12H2,1H3,(H,27,28). The zero-order chi connectivity index (χ0) is 20.3. The molecule has 28 heavy (non-hydrogen) atoms. The molecular formula is C21H18F2N2O3. The van der Waals surface area contributed by atoms with Gasteiger partial charge in [-0.05, 0) is 60.9 Å². The molecule has 0 radical (unpaired) electrons. The van der Waals surface area contributed by atoms with E-state index in [2.05, 4.69) is 5.10 Å². The van der Waals surface area contributed by atoms with E-state index >= 15 is 0 Å². The van der Waals surface area contributed by atoms with Gasteiger partial charge in [-0.3, -0.25) is 4.79 Å². The third-order valence-corrected chi connectivity index (χ3v) is 4.48. The molecule has 0 saturated carbocycles. The fourth-order valence-corrected chi connectivity index (χ4v) is 3.02. The molecule has 2 aromatic carbocycles. The van der Waals surface area contributed by atoms with E-state index in [0.29, 0.717) is 23.4 Å². The van der Waals surface area contributed by atoms with Gasteiger partial charge in [-0.15, -0.1) is 0 Å². The summed E-state index contributed by atoms with van der Waals surface area (Å²) in [6.07, 6.45) is 1.84. The summed E-state index contributed by atoms with van der Waals surface area (Å²) in [6, 6.07) is 10.8. The minimum Gasteiger partial charge on any atom is -0.478 e. The number of carbonyl (C=O) groups is 2. The van der Waals surface area contributed by atoms with Crippen molar-refractivity contribution in [2.45, 2.75) is 19.8 Å². The van der Waals surface area contributed by atoms with Crippen LogP contribution >= 0.6 is 0 Å². The Bertz CT molecular complexity index is 951. The number of hydrogen-bond acceptors (Lipinski definition) is 3. The molecule has 1 atom stereocenters. The SMILES string of the molecule is CCC1=NN(c2ccc(F)cc2)C(=O)C1CC(=Cc1ccc(F)cc1)C(=O)O. The summed E-state index contributed by atoms with van der Waals surface area (Å²) in [5.74, 6) is -3.10. The van der Waals surface area contributed by atoms with E-state index in [1.165, 1.54) is 59.6 Å². The van der Waals surface area contributed by atoms with Crippen molar-refractivity contribution in [3.05, 3.63) is 71.3 Å². The summed E-state index contributed by atoms with van der Waals surface area (Å²) < 4.78 is 26.2. The van der Waals surface area contributed by atoms with Gasteiger partial charge in [-0.25, -0.2) is 18.6 Å². The van der Waals surface area contributed by atoms with Gasteiger partial charge in [-0.2, -0.15) is 5.10 Å². The number of carboxylic acids is 1. The molecule has 3 rings (SSSR count). The smallest absolute Gasteiger partial charge is 0.331 e. The van der Waals surface area contributed by atoms with Crippen molar-refractivity contribution in [2.75, 3.05) is 5.01 Å². The van der Waals surface area contributed by atoms with Crippen molar-refractivity contribution in [1.29, 1.82) is 0 Å². The maximum atomic E-state index is 13.1. The van der Waals surface area contributed by atoms with Crippen LogP contribution in [0.3, 0.4) is 0 Å². The van der Waals surface area contributed by atoms with Crippen LogP contribution in [0.1, 0.15) is 25.3 Å². The Balaban J connectivity index is 1.87. The molecule has 1 amide bonds. The normalized spacial score (nSPS) is 17.0. The van der Waals surface area contributed by atoms with Crippen LogP contribution in [0, 0.1) is 17.6 Å². The van der Waals surface area contributed by atoms with Gasteiger partial charge < -0.3 is 5.11 Å². The number of anilines is 1. The van der Waals surface area contributed by atoms with Crippen LogP contribution < -0.4 is 5.01 Å². The van der Waals surface area contributed by atoms with E-state index in [-0.39, 0.29) is 17.9 Å². The Hall–Kier alpha value is -3.35. The molecule has 2 aromatic rings. The van der Waals surface area contributed by atoms with Crippen molar-refractivity contribution in [3.63, 3.8) is 0 Å². The predicted molar refractivity (Wildman–Crippen MR) is 102 cm³/mol. The minimum absolute atomic E-state index is 0.0204. The second-order valence-electron chi connectivity index (χ2n) is 6.35. The highest BCUT2D eigenvalue weighted by molar-refractivity contribution is 6.16. The number of rotatable bonds is 6. The molecule has 1 unspecified atom stereocenters. The maximum absolute atomic E-state index is 13.1. The summed E-state index contributed by atoms with van der Waals surface area (Å²) in [7, 11) is 0. The third-order valence-electron chi connectivity index (χ3n) is 4.48. The molecule has 0 bridgehead atoms. The number of halogens is 2. The Morgan fingerprint density at radius 3 is 2.21 bits per heavy atom.